The highest BCUT2D eigenvalue weighted by molar-refractivity contribution is 6.33. The number of nitrogens with one attached hydrogen (secondary N) is 4. The third-order valence-electron chi connectivity index (χ3n) is 4.15. The van der Waals surface area contributed by atoms with E-state index in [-0.39, 0.29) is 16.3 Å². The van der Waals surface area contributed by atoms with Crippen molar-refractivity contribution in [2.75, 3.05) is 22.5 Å². The van der Waals surface area contributed by atoms with Gasteiger partial charge in [-0.25, -0.2) is 19.3 Å². The fourth-order valence-electron chi connectivity index (χ4n) is 2.61. The molecule has 164 valence electrons. The molecule has 2 aromatic heterocycles. The SMILES string of the molecule is CC(C)(O)CNc1cc(Nc2cc(Nc3c(F)cc(C#N)cc3Cl)c(C=N)cn2)ncn1. The number of hydrogen-bond acceptors (Lipinski definition) is 9. The molecule has 2 heterocycles. The number of nitriles is 1. The highest BCUT2D eigenvalue weighted by atomic mass is 35.5. The molecule has 32 heavy (non-hydrogen) atoms. The van der Waals surface area contributed by atoms with Crippen molar-refractivity contribution < 1.29 is 9.50 Å². The predicted molar refractivity (Wildman–Crippen MR) is 122 cm³/mol. The molecule has 0 spiro atoms. The van der Waals surface area contributed by atoms with Crippen molar-refractivity contribution in [1.82, 2.24) is 15.0 Å². The Kier molecular flexibility index (Phi) is 6.82. The van der Waals surface area contributed by atoms with Gasteiger partial charge in [0.1, 0.15) is 29.6 Å². The van der Waals surface area contributed by atoms with Gasteiger partial charge in [-0.15, -0.1) is 0 Å². The molecular formula is C21H20ClFN8O. The van der Waals surface area contributed by atoms with Gasteiger partial charge in [0.15, 0.2) is 0 Å². The summed E-state index contributed by atoms with van der Waals surface area (Å²) in [4.78, 5) is 12.5. The molecule has 0 radical (unpaired) electrons. The summed E-state index contributed by atoms with van der Waals surface area (Å²) in [5.74, 6) is 0.609. The summed E-state index contributed by atoms with van der Waals surface area (Å²) >= 11 is 6.12. The zero-order valence-electron chi connectivity index (χ0n) is 17.2. The van der Waals surface area contributed by atoms with E-state index in [1.54, 1.807) is 26.0 Å². The summed E-state index contributed by atoms with van der Waals surface area (Å²) in [6, 6.07) is 7.47. The van der Waals surface area contributed by atoms with Gasteiger partial charge in [-0.1, -0.05) is 11.6 Å². The van der Waals surface area contributed by atoms with Crippen LogP contribution in [0.5, 0.6) is 0 Å². The van der Waals surface area contributed by atoms with Crippen LogP contribution in [0, 0.1) is 22.6 Å². The zero-order valence-corrected chi connectivity index (χ0v) is 18.0. The molecule has 0 saturated heterocycles. The van der Waals surface area contributed by atoms with Gasteiger partial charge in [-0.2, -0.15) is 5.26 Å². The normalized spacial score (nSPS) is 10.9. The van der Waals surface area contributed by atoms with Gasteiger partial charge in [0.05, 0.1) is 33.6 Å². The average molecular weight is 455 g/mol. The molecule has 0 saturated carbocycles. The number of pyridine rings is 1. The number of nitrogens with zero attached hydrogens (tertiary/aromatic N) is 4. The Labute approximate surface area is 188 Å². The second-order valence-corrected chi connectivity index (χ2v) is 7.84. The van der Waals surface area contributed by atoms with E-state index < -0.39 is 11.4 Å². The first-order valence-corrected chi connectivity index (χ1v) is 9.78. The number of hydrogen-bond donors (Lipinski definition) is 5. The lowest BCUT2D eigenvalue weighted by molar-refractivity contribution is 0.0944. The molecule has 0 fully saturated rings. The van der Waals surface area contributed by atoms with E-state index in [4.69, 9.17) is 22.3 Å². The second-order valence-electron chi connectivity index (χ2n) is 7.43. The molecule has 0 amide bonds. The molecule has 3 aromatic rings. The minimum atomic E-state index is -0.911. The van der Waals surface area contributed by atoms with Crippen molar-refractivity contribution in [1.29, 1.82) is 10.7 Å². The standard InChI is InChI=1S/C21H20ClFN8O/c1-21(2,32)10-27-17-6-19(29-11-28-17)31-18-5-16(13(8-25)9-26-18)30-20-14(22)3-12(7-24)4-15(20)23/h3-6,8-9,11,25,32H,10H2,1-2H3,(H3,26,27,28,29,30,31). The van der Waals surface area contributed by atoms with Gasteiger partial charge in [-0.05, 0) is 26.0 Å². The summed E-state index contributed by atoms with van der Waals surface area (Å²) in [6.45, 7) is 3.64. The maximum absolute atomic E-state index is 14.4. The van der Waals surface area contributed by atoms with Crippen LogP contribution >= 0.6 is 11.6 Å². The third kappa shape index (κ3) is 5.87. The van der Waals surface area contributed by atoms with Crippen LogP contribution in [-0.4, -0.2) is 38.4 Å². The lowest BCUT2D eigenvalue weighted by Gasteiger charge is -2.18. The Hall–Kier alpha value is -3.81. The Bertz CT molecular complexity index is 1170. The highest BCUT2D eigenvalue weighted by Crippen LogP contribution is 2.31. The summed E-state index contributed by atoms with van der Waals surface area (Å²) in [6.07, 6.45) is 3.85. The molecule has 0 aliphatic heterocycles. The Balaban J connectivity index is 1.85. The zero-order chi connectivity index (χ0) is 23.3. The van der Waals surface area contributed by atoms with E-state index in [0.29, 0.717) is 35.2 Å². The summed E-state index contributed by atoms with van der Waals surface area (Å²) in [7, 11) is 0. The van der Waals surface area contributed by atoms with E-state index in [0.717, 1.165) is 12.3 Å². The largest absolute Gasteiger partial charge is 0.389 e. The molecule has 5 N–H and O–H groups in total. The number of rotatable bonds is 8. The van der Waals surface area contributed by atoms with Crippen LogP contribution in [0.3, 0.4) is 0 Å². The summed E-state index contributed by atoms with van der Waals surface area (Å²) < 4.78 is 14.4. The lowest BCUT2D eigenvalue weighted by atomic mass is 10.1. The Morgan fingerprint density at radius 2 is 1.88 bits per heavy atom. The fourth-order valence-corrected chi connectivity index (χ4v) is 2.86. The molecule has 3 rings (SSSR count). The van der Waals surface area contributed by atoms with Gasteiger partial charge in [0.2, 0.25) is 0 Å². The molecule has 11 heteroatoms. The minimum absolute atomic E-state index is 0.0222. The molecule has 9 nitrogen and oxygen atoms in total. The minimum Gasteiger partial charge on any atom is -0.389 e. The van der Waals surface area contributed by atoms with Gasteiger partial charge in [0.25, 0.3) is 0 Å². The quantitative estimate of drug-likeness (QED) is 0.318. The fraction of sp³-hybridized carbons (Fsp3) is 0.190. The molecule has 0 aliphatic rings. The first-order valence-electron chi connectivity index (χ1n) is 9.40. The van der Waals surface area contributed by atoms with Crippen molar-refractivity contribution in [3.8, 4) is 6.07 Å². The van der Waals surface area contributed by atoms with Crippen molar-refractivity contribution >= 4 is 46.6 Å². The number of aliphatic hydroxyl groups is 1. The van der Waals surface area contributed by atoms with E-state index >= 15 is 0 Å². The van der Waals surface area contributed by atoms with Gasteiger partial charge in [0, 0.05) is 36.7 Å². The monoisotopic (exact) mass is 454 g/mol. The smallest absolute Gasteiger partial charge is 0.149 e. The van der Waals surface area contributed by atoms with E-state index in [2.05, 4.69) is 30.9 Å². The maximum atomic E-state index is 14.4. The third-order valence-corrected chi connectivity index (χ3v) is 4.44. The van der Waals surface area contributed by atoms with Crippen LogP contribution in [0.1, 0.15) is 25.0 Å². The topological polar surface area (TPSA) is 143 Å². The molecule has 0 bridgehead atoms. The first-order chi connectivity index (χ1) is 15.2. The van der Waals surface area contributed by atoms with E-state index in [9.17, 15) is 9.50 Å². The van der Waals surface area contributed by atoms with Crippen LogP contribution in [0.15, 0.2) is 36.8 Å². The van der Waals surface area contributed by atoms with Crippen LogP contribution < -0.4 is 16.0 Å². The highest BCUT2D eigenvalue weighted by Gasteiger charge is 2.14. The lowest BCUT2D eigenvalue weighted by Crippen LogP contribution is -2.29. The van der Waals surface area contributed by atoms with Crippen molar-refractivity contribution in [2.24, 2.45) is 0 Å². The van der Waals surface area contributed by atoms with Gasteiger partial charge < -0.3 is 26.5 Å². The van der Waals surface area contributed by atoms with Crippen molar-refractivity contribution in [3.05, 3.63) is 58.8 Å². The first kappa shape index (κ1) is 22.9. The van der Waals surface area contributed by atoms with Crippen molar-refractivity contribution in [2.45, 2.75) is 19.4 Å². The summed E-state index contributed by atoms with van der Waals surface area (Å²) in [5, 5.41) is 35.3. The molecule has 1 aromatic carbocycles. The van der Waals surface area contributed by atoms with E-state index in [1.165, 1.54) is 18.6 Å². The number of halogens is 2. The van der Waals surface area contributed by atoms with E-state index in [1.807, 2.05) is 6.07 Å². The van der Waals surface area contributed by atoms with Crippen LogP contribution in [0.4, 0.5) is 33.2 Å². The molecular weight excluding hydrogens is 435 g/mol. The van der Waals surface area contributed by atoms with Crippen LogP contribution in [0.2, 0.25) is 5.02 Å². The Morgan fingerprint density at radius 3 is 2.53 bits per heavy atom. The van der Waals surface area contributed by atoms with Gasteiger partial charge in [-0.3, -0.25) is 0 Å². The molecule has 0 unspecified atom stereocenters. The van der Waals surface area contributed by atoms with Crippen molar-refractivity contribution in [3.63, 3.8) is 0 Å². The number of benzene rings is 1. The predicted octanol–water partition coefficient (Wildman–Crippen LogP) is 4.20. The average Bonchev–Trinajstić information content (AvgIpc) is 2.74. The van der Waals surface area contributed by atoms with Gasteiger partial charge >= 0.3 is 0 Å². The second kappa shape index (κ2) is 9.55. The molecule has 0 atom stereocenters. The van der Waals surface area contributed by atoms with Crippen LogP contribution in [-0.2, 0) is 0 Å². The molecule has 0 aliphatic carbocycles. The van der Waals surface area contributed by atoms with Crippen LogP contribution in [0.25, 0.3) is 0 Å². The maximum Gasteiger partial charge on any atom is 0.149 e. The summed E-state index contributed by atoms with van der Waals surface area (Å²) in [5.41, 5.74) is -0.0695. The Morgan fingerprint density at radius 1 is 1.16 bits per heavy atom. The number of anilines is 5. The number of aromatic nitrogens is 3.